The van der Waals surface area contributed by atoms with E-state index in [1.165, 1.54) is 25.8 Å². The number of carbonyl (C=O) groups excluding carboxylic acids is 1. The summed E-state index contributed by atoms with van der Waals surface area (Å²) in [6, 6.07) is 0.415. The Labute approximate surface area is 112 Å². The minimum atomic E-state index is 0.231. The summed E-state index contributed by atoms with van der Waals surface area (Å²) in [6.45, 7) is 9.97. The first-order valence-corrected chi connectivity index (χ1v) is 7.63. The van der Waals surface area contributed by atoms with E-state index in [-0.39, 0.29) is 5.91 Å². The van der Waals surface area contributed by atoms with E-state index in [9.17, 15) is 4.79 Å². The van der Waals surface area contributed by atoms with E-state index in [0.29, 0.717) is 18.4 Å². The van der Waals surface area contributed by atoms with Crippen LogP contribution in [-0.2, 0) is 4.79 Å². The highest BCUT2D eigenvalue weighted by molar-refractivity contribution is 5.76. The second kappa shape index (κ2) is 8.52. The quantitative estimate of drug-likeness (QED) is 0.709. The average molecular weight is 254 g/mol. The number of nitrogens with zero attached hydrogens (tertiary/aromatic N) is 1. The first kappa shape index (κ1) is 15.5. The number of amides is 1. The van der Waals surface area contributed by atoms with E-state index in [0.717, 1.165) is 25.9 Å². The summed E-state index contributed by atoms with van der Waals surface area (Å²) in [7, 11) is 0. The summed E-state index contributed by atoms with van der Waals surface area (Å²) in [5.41, 5.74) is 0. The molecule has 18 heavy (non-hydrogen) atoms. The number of unbranched alkanes of at least 4 members (excludes halogenated alkanes) is 2. The van der Waals surface area contributed by atoms with Crippen molar-refractivity contribution in [1.82, 2.24) is 10.2 Å². The predicted octanol–water partition coefficient (Wildman–Crippen LogP) is 2.80. The zero-order valence-electron chi connectivity index (χ0n) is 12.4. The zero-order chi connectivity index (χ0) is 13.4. The molecule has 106 valence electrons. The number of hydrogen-bond donors (Lipinski definition) is 1. The van der Waals surface area contributed by atoms with Crippen molar-refractivity contribution >= 4 is 5.91 Å². The van der Waals surface area contributed by atoms with Gasteiger partial charge in [-0.3, -0.25) is 4.79 Å². The molecule has 1 aliphatic heterocycles. The molecule has 1 saturated heterocycles. The Morgan fingerprint density at radius 1 is 1.28 bits per heavy atom. The van der Waals surface area contributed by atoms with Crippen LogP contribution >= 0.6 is 0 Å². The van der Waals surface area contributed by atoms with Gasteiger partial charge in [-0.25, -0.2) is 0 Å². The van der Waals surface area contributed by atoms with Crippen molar-refractivity contribution in [2.24, 2.45) is 5.92 Å². The van der Waals surface area contributed by atoms with Gasteiger partial charge in [-0.15, -0.1) is 0 Å². The zero-order valence-corrected chi connectivity index (χ0v) is 12.4. The topological polar surface area (TPSA) is 32.3 Å². The summed E-state index contributed by atoms with van der Waals surface area (Å²) < 4.78 is 0. The standard InChI is InChI=1S/C15H30N2O/c1-4-5-6-9-17-10-7-14(8-11-17)16-15(18)12-13(2)3/h13-14H,4-12H2,1-3H3,(H,16,18). The Balaban J connectivity index is 2.13. The van der Waals surface area contributed by atoms with E-state index >= 15 is 0 Å². The number of rotatable bonds is 7. The van der Waals surface area contributed by atoms with Crippen molar-refractivity contribution in [2.75, 3.05) is 19.6 Å². The van der Waals surface area contributed by atoms with E-state index in [2.05, 4.69) is 31.0 Å². The lowest BCUT2D eigenvalue weighted by Gasteiger charge is -2.32. The molecule has 1 rings (SSSR count). The first-order valence-electron chi connectivity index (χ1n) is 7.63. The smallest absolute Gasteiger partial charge is 0.220 e. The third kappa shape index (κ3) is 6.39. The maximum atomic E-state index is 11.7. The molecular weight excluding hydrogens is 224 g/mol. The normalized spacial score (nSPS) is 18.2. The molecule has 0 aromatic carbocycles. The first-order chi connectivity index (χ1) is 8.61. The molecule has 1 heterocycles. The number of likely N-dealkylation sites (tertiary alicyclic amines) is 1. The molecule has 0 radical (unpaired) electrons. The Bertz CT molecular complexity index is 233. The second-order valence-electron chi connectivity index (χ2n) is 5.99. The van der Waals surface area contributed by atoms with Crippen LogP contribution in [0, 0.1) is 5.92 Å². The van der Waals surface area contributed by atoms with Gasteiger partial charge in [0.2, 0.25) is 5.91 Å². The van der Waals surface area contributed by atoms with Crippen LogP contribution in [-0.4, -0.2) is 36.5 Å². The molecule has 0 aromatic rings. The van der Waals surface area contributed by atoms with Crippen LogP contribution < -0.4 is 5.32 Å². The van der Waals surface area contributed by atoms with Gasteiger partial charge >= 0.3 is 0 Å². The van der Waals surface area contributed by atoms with Gasteiger partial charge in [0.25, 0.3) is 0 Å². The number of nitrogens with one attached hydrogen (secondary N) is 1. The SMILES string of the molecule is CCCCCN1CCC(NC(=O)CC(C)C)CC1. The monoisotopic (exact) mass is 254 g/mol. The van der Waals surface area contributed by atoms with Gasteiger partial charge in [0, 0.05) is 25.6 Å². The minimum absolute atomic E-state index is 0.231. The summed E-state index contributed by atoms with van der Waals surface area (Å²) in [5.74, 6) is 0.688. The molecule has 1 amide bonds. The molecule has 1 N–H and O–H groups in total. The lowest BCUT2D eigenvalue weighted by molar-refractivity contribution is -0.122. The molecular formula is C15H30N2O. The molecule has 0 unspecified atom stereocenters. The molecule has 3 heteroatoms. The molecule has 0 aliphatic carbocycles. The lowest BCUT2D eigenvalue weighted by atomic mass is 10.0. The Hall–Kier alpha value is -0.570. The van der Waals surface area contributed by atoms with Crippen molar-refractivity contribution in [1.29, 1.82) is 0 Å². The summed E-state index contributed by atoms with van der Waals surface area (Å²) in [4.78, 5) is 14.2. The third-order valence-electron chi connectivity index (χ3n) is 3.62. The Morgan fingerprint density at radius 3 is 2.50 bits per heavy atom. The molecule has 0 aromatic heterocycles. The van der Waals surface area contributed by atoms with Gasteiger partial charge in [0.1, 0.15) is 0 Å². The molecule has 0 atom stereocenters. The van der Waals surface area contributed by atoms with Crippen LogP contribution in [0.2, 0.25) is 0 Å². The van der Waals surface area contributed by atoms with Crippen molar-refractivity contribution < 1.29 is 4.79 Å². The van der Waals surface area contributed by atoms with Crippen LogP contribution in [0.15, 0.2) is 0 Å². The fourth-order valence-corrected chi connectivity index (χ4v) is 2.54. The van der Waals surface area contributed by atoms with Crippen molar-refractivity contribution in [2.45, 2.75) is 65.3 Å². The third-order valence-corrected chi connectivity index (χ3v) is 3.62. The fourth-order valence-electron chi connectivity index (χ4n) is 2.54. The number of hydrogen-bond acceptors (Lipinski definition) is 2. The van der Waals surface area contributed by atoms with Crippen LogP contribution in [0.5, 0.6) is 0 Å². The van der Waals surface area contributed by atoms with Crippen molar-refractivity contribution in [3.05, 3.63) is 0 Å². The van der Waals surface area contributed by atoms with Crippen LogP contribution in [0.1, 0.15) is 59.3 Å². The number of piperidine rings is 1. The summed E-state index contributed by atoms with van der Waals surface area (Å²) in [5, 5.41) is 3.17. The van der Waals surface area contributed by atoms with Gasteiger partial charge in [0.05, 0.1) is 0 Å². The maximum Gasteiger partial charge on any atom is 0.220 e. The van der Waals surface area contributed by atoms with Gasteiger partial charge < -0.3 is 10.2 Å². The maximum absolute atomic E-state index is 11.7. The van der Waals surface area contributed by atoms with Gasteiger partial charge in [-0.05, 0) is 31.7 Å². The molecule has 0 spiro atoms. The Kier molecular flexibility index (Phi) is 7.33. The van der Waals surface area contributed by atoms with Crippen LogP contribution in [0.25, 0.3) is 0 Å². The fraction of sp³-hybridized carbons (Fsp3) is 0.933. The van der Waals surface area contributed by atoms with E-state index in [1.54, 1.807) is 0 Å². The molecule has 0 saturated carbocycles. The highest BCUT2D eigenvalue weighted by atomic mass is 16.1. The lowest BCUT2D eigenvalue weighted by Crippen LogP contribution is -2.45. The van der Waals surface area contributed by atoms with Gasteiger partial charge in [-0.2, -0.15) is 0 Å². The Morgan fingerprint density at radius 2 is 1.94 bits per heavy atom. The van der Waals surface area contributed by atoms with E-state index in [1.807, 2.05) is 0 Å². The molecule has 3 nitrogen and oxygen atoms in total. The van der Waals surface area contributed by atoms with E-state index < -0.39 is 0 Å². The average Bonchev–Trinajstić information content (AvgIpc) is 2.30. The summed E-state index contributed by atoms with van der Waals surface area (Å²) >= 11 is 0. The molecule has 1 fully saturated rings. The second-order valence-corrected chi connectivity index (χ2v) is 5.99. The minimum Gasteiger partial charge on any atom is -0.353 e. The predicted molar refractivity (Wildman–Crippen MR) is 76.6 cm³/mol. The molecule has 1 aliphatic rings. The van der Waals surface area contributed by atoms with Gasteiger partial charge in [0.15, 0.2) is 0 Å². The van der Waals surface area contributed by atoms with Crippen molar-refractivity contribution in [3.63, 3.8) is 0 Å². The highest BCUT2D eigenvalue weighted by Gasteiger charge is 2.20. The van der Waals surface area contributed by atoms with Gasteiger partial charge in [-0.1, -0.05) is 33.6 Å². The molecule has 0 bridgehead atoms. The van der Waals surface area contributed by atoms with Crippen LogP contribution in [0.3, 0.4) is 0 Å². The number of carbonyl (C=O) groups is 1. The van der Waals surface area contributed by atoms with Crippen molar-refractivity contribution in [3.8, 4) is 0 Å². The highest BCUT2D eigenvalue weighted by Crippen LogP contribution is 2.12. The summed E-state index contributed by atoms with van der Waals surface area (Å²) in [6.07, 6.45) is 6.86. The largest absolute Gasteiger partial charge is 0.353 e. The van der Waals surface area contributed by atoms with Crippen LogP contribution in [0.4, 0.5) is 0 Å². The van der Waals surface area contributed by atoms with E-state index in [4.69, 9.17) is 0 Å².